The van der Waals surface area contributed by atoms with Gasteiger partial charge in [0.05, 0.1) is 12.5 Å². The van der Waals surface area contributed by atoms with E-state index in [0.29, 0.717) is 23.3 Å². The van der Waals surface area contributed by atoms with Crippen molar-refractivity contribution in [1.82, 2.24) is 19.4 Å². The summed E-state index contributed by atoms with van der Waals surface area (Å²) < 4.78 is 1.99. The molecular weight excluding hydrogens is 316 g/mol. The highest BCUT2D eigenvalue weighted by Gasteiger charge is 2.66. The molecule has 6 nitrogen and oxygen atoms in total. The number of amides is 1. The normalized spacial score (nSPS) is 25.8. The summed E-state index contributed by atoms with van der Waals surface area (Å²) in [7, 11) is 4.09. The Morgan fingerprint density at radius 3 is 2.60 bits per heavy atom. The second-order valence-electron chi connectivity index (χ2n) is 7.66. The van der Waals surface area contributed by atoms with Crippen LogP contribution in [0.2, 0.25) is 0 Å². The molecule has 25 heavy (non-hydrogen) atoms. The Bertz CT molecular complexity index is 574. The molecule has 1 aliphatic heterocycles. The number of hydrogen-bond acceptors (Lipinski definition) is 3. The minimum atomic E-state index is 0. The molecule has 1 aromatic rings. The molecule has 1 amide bonds. The van der Waals surface area contributed by atoms with E-state index in [2.05, 4.69) is 35.6 Å². The van der Waals surface area contributed by atoms with Gasteiger partial charge in [0.1, 0.15) is 5.69 Å². The largest absolute Gasteiger partial charge is 0.412 e. The van der Waals surface area contributed by atoms with E-state index in [1.54, 1.807) is 12.5 Å². The van der Waals surface area contributed by atoms with Gasteiger partial charge in [0.15, 0.2) is 0 Å². The first-order valence-corrected chi connectivity index (χ1v) is 9.33. The summed E-state index contributed by atoms with van der Waals surface area (Å²) in [4.78, 5) is 21.4. The van der Waals surface area contributed by atoms with E-state index in [-0.39, 0.29) is 12.8 Å². The zero-order valence-corrected chi connectivity index (χ0v) is 16.9. The Morgan fingerprint density at radius 1 is 1.40 bits per heavy atom. The fraction of sp³-hybridized carbons (Fsp3) is 0.789. The van der Waals surface area contributed by atoms with Gasteiger partial charge >= 0.3 is 0 Å². The molecule has 2 heterocycles. The second-order valence-corrected chi connectivity index (χ2v) is 7.66. The van der Waals surface area contributed by atoms with E-state index in [0.717, 1.165) is 31.7 Å². The summed E-state index contributed by atoms with van der Waals surface area (Å²) in [6.45, 7) is 13.5. The monoisotopic (exact) mass is 354 g/mol. The Labute approximate surface area is 154 Å². The lowest BCUT2D eigenvalue weighted by molar-refractivity contribution is 0.0659. The number of imidazole rings is 1. The molecule has 0 spiro atoms. The zero-order valence-electron chi connectivity index (χ0n) is 16.9. The number of fused-ring (bicyclic) bond motifs is 1. The number of likely N-dealkylation sites (tertiary alicyclic amines) is 1. The fourth-order valence-corrected chi connectivity index (χ4v) is 4.28. The average Bonchev–Trinajstić information content (AvgIpc) is 3.00. The number of carbonyl (C=O) groups is 1. The van der Waals surface area contributed by atoms with E-state index in [1.807, 2.05) is 32.5 Å². The third kappa shape index (κ3) is 3.90. The van der Waals surface area contributed by atoms with E-state index in [4.69, 9.17) is 0 Å². The van der Waals surface area contributed by atoms with Crippen molar-refractivity contribution in [3.8, 4) is 0 Å². The Balaban J connectivity index is 0.00000151. The van der Waals surface area contributed by atoms with Gasteiger partial charge in [-0.2, -0.15) is 0 Å². The first-order chi connectivity index (χ1) is 11.4. The van der Waals surface area contributed by atoms with Crippen molar-refractivity contribution in [1.29, 1.82) is 0 Å². The number of rotatable bonds is 5. The van der Waals surface area contributed by atoms with Crippen LogP contribution in [0.25, 0.3) is 0 Å². The van der Waals surface area contributed by atoms with Crippen LogP contribution in [0.5, 0.6) is 0 Å². The molecule has 1 aliphatic carbocycles. The summed E-state index contributed by atoms with van der Waals surface area (Å²) in [5.74, 6) is 1.52. The smallest absolute Gasteiger partial charge is 0.272 e. The van der Waals surface area contributed by atoms with Crippen LogP contribution in [0, 0.1) is 17.3 Å². The van der Waals surface area contributed by atoms with Gasteiger partial charge in [-0.1, -0.05) is 34.6 Å². The van der Waals surface area contributed by atoms with Crippen molar-refractivity contribution in [2.45, 2.75) is 53.6 Å². The van der Waals surface area contributed by atoms with Crippen LogP contribution in [0.1, 0.15) is 53.0 Å². The summed E-state index contributed by atoms with van der Waals surface area (Å²) in [6.07, 6.45) is 4.54. The van der Waals surface area contributed by atoms with Crippen LogP contribution in [-0.2, 0) is 6.54 Å². The molecule has 2 fully saturated rings. The molecule has 1 unspecified atom stereocenters. The van der Waals surface area contributed by atoms with Crippen molar-refractivity contribution in [2.24, 2.45) is 17.3 Å². The quantitative estimate of drug-likeness (QED) is 0.815. The molecule has 1 saturated heterocycles. The number of nitrogens with zero attached hydrogens (tertiary/aromatic N) is 4. The van der Waals surface area contributed by atoms with Gasteiger partial charge in [-0.15, -0.1) is 0 Å². The van der Waals surface area contributed by atoms with Gasteiger partial charge < -0.3 is 19.8 Å². The van der Waals surface area contributed by atoms with Crippen LogP contribution in [0.15, 0.2) is 12.5 Å². The lowest BCUT2D eigenvalue weighted by Crippen LogP contribution is -2.41. The van der Waals surface area contributed by atoms with Gasteiger partial charge in [0.25, 0.3) is 5.91 Å². The first-order valence-electron chi connectivity index (χ1n) is 9.33. The van der Waals surface area contributed by atoms with Crippen LogP contribution in [0.4, 0.5) is 0 Å². The highest BCUT2D eigenvalue weighted by atomic mass is 16.2. The average molecular weight is 355 g/mol. The van der Waals surface area contributed by atoms with Gasteiger partial charge in [0, 0.05) is 27.1 Å². The standard InChI is InChI=1S/C17H28N4O.C2H6.H2O.H2/c1-6-13-15-12(17(15,2)3)10-21(13)16(22)14-9-18-11-20(14)8-7-19(4)5;1-2;;/h9,11-13,15H,6-8,10H2,1-5H3;1-2H3;1H2;1H/t12?,13-,15+;;;/m1.../s1. The summed E-state index contributed by atoms with van der Waals surface area (Å²) in [6, 6.07) is 0.393. The molecule has 1 saturated carbocycles. The van der Waals surface area contributed by atoms with Crippen molar-refractivity contribution >= 4 is 5.91 Å². The molecule has 3 atom stereocenters. The summed E-state index contributed by atoms with van der Waals surface area (Å²) in [5, 5.41) is 0. The Hall–Kier alpha value is -1.40. The third-order valence-corrected chi connectivity index (χ3v) is 5.75. The Kier molecular flexibility index (Phi) is 7.20. The maximum absolute atomic E-state index is 13.0. The predicted octanol–water partition coefficient (Wildman–Crippen LogP) is 2.40. The SMILES string of the molecule is CC.CC[C@@H]1[C@@H]2C(CN1C(=O)c1cncn1CCN(C)C)C2(C)C.O.[HH]. The van der Waals surface area contributed by atoms with Crippen molar-refractivity contribution in [2.75, 3.05) is 27.2 Å². The molecule has 0 radical (unpaired) electrons. The maximum atomic E-state index is 13.0. The highest BCUT2D eigenvalue weighted by Crippen LogP contribution is 2.65. The van der Waals surface area contributed by atoms with E-state index < -0.39 is 0 Å². The molecule has 2 aliphatic rings. The summed E-state index contributed by atoms with van der Waals surface area (Å²) in [5.41, 5.74) is 1.15. The minimum Gasteiger partial charge on any atom is -0.412 e. The lowest BCUT2D eigenvalue weighted by Gasteiger charge is -2.30. The molecule has 6 heteroatoms. The van der Waals surface area contributed by atoms with Crippen LogP contribution < -0.4 is 0 Å². The molecule has 0 bridgehead atoms. The number of aromatic nitrogens is 2. The maximum Gasteiger partial charge on any atom is 0.272 e. The number of carbonyl (C=O) groups excluding carboxylic acids is 1. The lowest BCUT2D eigenvalue weighted by atomic mass is 9.99. The van der Waals surface area contributed by atoms with Crippen LogP contribution in [-0.4, -0.2) is 64.0 Å². The van der Waals surface area contributed by atoms with Crippen LogP contribution in [0.3, 0.4) is 0 Å². The van der Waals surface area contributed by atoms with Gasteiger partial charge in [0.2, 0.25) is 0 Å². The second kappa shape index (κ2) is 8.32. The zero-order chi connectivity index (χ0) is 18.1. The minimum absolute atomic E-state index is 0. The number of hydrogen-bond donors (Lipinski definition) is 0. The number of piperidine rings is 1. The van der Waals surface area contributed by atoms with E-state index in [9.17, 15) is 4.79 Å². The first kappa shape index (κ1) is 21.6. The molecule has 1 aromatic heterocycles. The third-order valence-electron chi connectivity index (χ3n) is 5.75. The van der Waals surface area contributed by atoms with E-state index >= 15 is 0 Å². The Morgan fingerprint density at radius 2 is 2.04 bits per heavy atom. The molecular formula is C19H38N4O2. The highest BCUT2D eigenvalue weighted by molar-refractivity contribution is 5.93. The molecule has 3 rings (SSSR count). The van der Waals surface area contributed by atoms with Crippen molar-refractivity contribution in [3.63, 3.8) is 0 Å². The van der Waals surface area contributed by atoms with E-state index in [1.165, 1.54) is 0 Å². The van der Waals surface area contributed by atoms with Gasteiger partial charge in [-0.3, -0.25) is 4.79 Å². The summed E-state index contributed by atoms with van der Waals surface area (Å²) >= 11 is 0. The van der Waals surface area contributed by atoms with Crippen molar-refractivity contribution < 1.29 is 11.7 Å². The van der Waals surface area contributed by atoms with Crippen LogP contribution >= 0.6 is 0 Å². The molecule has 2 N–H and O–H groups in total. The topological polar surface area (TPSA) is 72.9 Å². The van der Waals surface area contributed by atoms with Gasteiger partial charge in [-0.05, 0) is 37.8 Å². The predicted molar refractivity (Wildman–Crippen MR) is 104 cm³/mol. The van der Waals surface area contributed by atoms with Crippen molar-refractivity contribution in [3.05, 3.63) is 18.2 Å². The number of likely N-dealkylation sites (N-methyl/N-ethyl adjacent to an activating group) is 1. The fourth-order valence-electron chi connectivity index (χ4n) is 4.28. The molecule has 0 aromatic carbocycles. The molecule has 146 valence electrons. The van der Waals surface area contributed by atoms with Gasteiger partial charge in [-0.25, -0.2) is 4.98 Å².